The summed E-state index contributed by atoms with van der Waals surface area (Å²) in [5, 5.41) is 0. The Hall–Kier alpha value is -2.13. The molecule has 2 aliphatic rings. The average Bonchev–Trinajstić information content (AvgIpc) is 2.73. The van der Waals surface area contributed by atoms with Gasteiger partial charge < -0.3 is 14.5 Å². The van der Waals surface area contributed by atoms with Crippen LogP contribution in [0.2, 0.25) is 0 Å². The topological polar surface area (TPSA) is 96.0 Å². The lowest BCUT2D eigenvalue weighted by Crippen LogP contribution is -2.52. The first-order valence-corrected chi connectivity index (χ1v) is 12.4. The van der Waals surface area contributed by atoms with Crippen LogP contribution in [0.1, 0.15) is 32.1 Å². The number of nitrogens with zero attached hydrogens (tertiary/aromatic N) is 2. The lowest BCUT2D eigenvalue weighted by molar-refractivity contribution is -0.141. The Kier molecular flexibility index (Phi) is 7.71. The summed E-state index contributed by atoms with van der Waals surface area (Å²) in [6, 6.07) is 9.19. The summed E-state index contributed by atoms with van der Waals surface area (Å²) in [4.78, 5) is 28.9. The number of piperidine rings is 2. The number of benzene rings is 1. The van der Waals surface area contributed by atoms with E-state index in [1.807, 2.05) is 35.2 Å². The number of likely N-dealkylation sites (tertiary alicyclic amines) is 2. The molecule has 30 heavy (non-hydrogen) atoms. The highest BCUT2D eigenvalue weighted by atomic mass is 32.2. The molecule has 3 rings (SSSR count). The molecule has 0 saturated carbocycles. The van der Waals surface area contributed by atoms with Gasteiger partial charge in [0.2, 0.25) is 21.8 Å². The molecule has 2 fully saturated rings. The molecule has 166 valence electrons. The number of para-hydroxylation sites is 1. The van der Waals surface area contributed by atoms with Crippen LogP contribution in [0, 0.1) is 5.92 Å². The zero-order valence-corrected chi connectivity index (χ0v) is 18.3. The van der Waals surface area contributed by atoms with Crippen LogP contribution < -0.4 is 9.46 Å². The number of amides is 2. The second-order valence-corrected chi connectivity index (χ2v) is 9.86. The van der Waals surface area contributed by atoms with Crippen molar-refractivity contribution in [2.24, 2.45) is 5.92 Å². The van der Waals surface area contributed by atoms with Gasteiger partial charge in [0.05, 0.1) is 19.3 Å². The summed E-state index contributed by atoms with van der Waals surface area (Å²) in [6.07, 6.45) is 4.28. The second-order valence-electron chi connectivity index (χ2n) is 8.08. The van der Waals surface area contributed by atoms with Crippen LogP contribution in [-0.2, 0) is 19.6 Å². The van der Waals surface area contributed by atoms with Gasteiger partial charge in [-0.25, -0.2) is 13.1 Å². The van der Waals surface area contributed by atoms with Crippen molar-refractivity contribution in [3.8, 4) is 5.75 Å². The molecule has 1 unspecified atom stereocenters. The van der Waals surface area contributed by atoms with Gasteiger partial charge in [0.15, 0.2) is 0 Å². The molecule has 2 aliphatic heterocycles. The summed E-state index contributed by atoms with van der Waals surface area (Å²) in [6.45, 7) is 2.56. The van der Waals surface area contributed by atoms with Crippen molar-refractivity contribution in [1.29, 1.82) is 0 Å². The number of nitrogens with one attached hydrogen (secondary N) is 1. The number of hydrogen-bond acceptors (Lipinski definition) is 5. The Morgan fingerprint density at radius 3 is 2.43 bits per heavy atom. The summed E-state index contributed by atoms with van der Waals surface area (Å²) >= 11 is 0. The predicted octanol–water partition coefficient (Wildman–Crippen LogP) is 1.23. The van der Waals surface area contributed by atoms with Crippen molar-refractivity contribution < 1.29 is 22.7 Å². The summed E-state index contributed by atoms with van der Waals surface area (Å²) in [7, 11) is -3.28. The van der Waals surface area contributed by atoms with Crippen LogP contribution >= 0.6 is 0 Å². The maximum Gasteiger partial charge on any atom is 0.225 e. The molecule has 0 spiro atoms. The number of rotatable bonds is 7. The van der Waals surface area contributed by atoms with E-state index >= 15 is 0 Å². The summed E-state index contributed by atoms with van der Waals surface area (Å²) in [5.74, 6) is 0.771. The molecule has 0 bridgehead atoms. The van der Waals surface area contributed by atoms with E-state index in [-0.39, 0.29) is 23.8 Å². The largest absolute Gasteiger partial charge is 0.493 e. The predicted molar refractivity (Wildman–Crippen MR) is 113 cm³/mol. The second kappa shape index (κ2) is 10.3. The Bertz CT molecular complexity index is 822. The number of ether oxygens (including phenoxy) is 1. The molecule has 2 amide bonds. The zero-order valence-electron chi connectivity index (χ0n) is 17.5. The van der Waals surface area contributed by atoms with E-state index in [4.69, 9.17) is 4.74 Å². The molecule has 1 N–H and O–H groups in total. The van der Waals surface area contributed by atoms with Crippen molar-refractivity contribution in [3.63, 3.8) is 0 Å². The molecule has 0 radical (unpaired) electrons. The third-order valence-electron chi connectivity index (χ3n) is 5.64. The number of carbonyl (C=O) groups is 2. The summed E-state index contributed by atoms with van der Waals surface area (Å²) < 4.78 is 31.2. The van der Waals surface area contributed by atoms with Crippen LogP contribution in [0.3, 0.4) is 0 Å². The third-order valence-corrected chi connectivity index (χ3v) is 6.40. The fraction of sp³-hybridized carbons (Fsp3) is 0.619. The molecule has 2 heterocycles. The zero-order chi connectivity index (χ0) is 21.6. The number of hydrogen-bond donors (Lipinski definition) is 1. The van der Waals surface area contributed by atoms with Crippen LogP contribution in [0.4, 0.5) is 0 Å². The lowest BCUT2D eigenvalue weighted by Gasteiger charge is -2.37. The van der Waals surface area contributed by atoms with Crippen molar-refractivity contribution in [2.75, 3.05) is 39.0 Å². The van der Waals surface area contributed by atoms with Gasteiger partial charge in [0.25, 0.3) is 0 Å². The molecule has 1 atom stereocenters. The van der Waals surface area contributed by atoms with E-state index in [2.05, 4.69) is 4.72 Å². The van der Waals surface area contributed by atoms with Gasteiger partial charge in [-0.2, -0.15) is 0 Å². The first-order valence-electron chi connectivity index (χ1n) is 10.5. The minimum atomic E-state index is -3.28. The fourth-order valence-electron chi connectivity index (χ4n) is 4.14. The van der Waals surface area contributed by atoms with E-state index < -0.39 is 10.0 Å². The van der Waals surface area contributed by atoms with Crippen LogP contribution in [0.25, 0.3) is 0 Å². The number of carbonyl (C=O) groups excluding carboxylic acids is 2. The maximum absolute atomic E-state index is 12.9. The normalized spacial score (nSPS) is 20.8. The molecule has 0 aromatic heterocycles. The van der Waals surface area contributed by atoms with Gasteiger partial charge in [-0.05, 0) is 37.8 Å². The van der Waals surface area contributed by atoms with Crippen LogP contribution in [0.15, 0.2) is 30.3 Å². The lowest BCUT2D eigenvalue weighted by atomic mass is 9.93. The van der Waals surface area contributed by atoms with Crippen LogP contribution in [-0.4, -0.2) is 75.1 Å². The molecular weight excluding hydrogens is 406 g/mol. The van der Waals surface area contributed by atoms with Gasteiger partial charge >= 0.3 is 0 Å². The van der Waals surface area contributed by atoms with E-state index in [9.17, 15) is 18.0 Å². The Labute approximate surface area is 178 Å². The van der Waals surface area contributed by atoms with E-state index in [0.29, 0.717) is 52.0 Å². The van der Waals surface area contributed by atoms with Gasteiger partial charge in [0, 0.05) is 38.1 Å². The molecule has 8 nitrogen and oxygen atoms in total. The SMILES string of the molecule is CS(=O)(=O)NC1CCCN(C(=O)C2CCN(C(=O)CCOc3ccccc3)CC2)C1. The molecular formula is C21H31N3O5S. The molecule has 2 saturated heterocycles. The summed E-state index contributed by atoms with van der Waals surface area (Å²) in [5.41, 5.74) is 0. The van der Waals surface area contributed by atoms with Crippen molar-refractivity contribution in [1.82, 2.24) is 14.5 Å². The number of sulfonamides is 1. The van der Waals surface area contributed by atoms with E-state index in [1.165, 1.54) is 0 Å². The third kappa shape index (κ3) is 6.70. The van der Waals surface area contributed by atoms with E-state index in [1.54, 1.807) is 4.90 Å². The quantitative estimate of drug-likeness (QED) is 0.692. The highest BCUT2D eigenvalue weighted by Crippen LogP contribution is 2.23. The van der Waals surface area contributed by atoms with Crippen molar-refractivity contribution in [2.45, 2.75) is 38.1 Å². The fourth-order valence-corrected chi connectivity index (χ4v) is 4.94. The molecule has 1 aromatic carbocycles. The Morgan fingerprint density at radius 2 is 1.77 bits per heavy atom. The molecule has 9 heteroatoms. The smallest absolute Gasteiger partial charge is 0.225 e. The average molecular weight is 438 g/mol. The van der Waals surface area contributed by atoms with Gasteiger partial charge in [0.1, 0.15) is 5.75 Å². The molecule has 0 aliphatic carbocycles. The van der Waals surface area contributed by atoms with Gasteiger partial charge in [-0.15, -0.1) is 0 Å². The minimum absolute atomic E-state index is 0.0484. The van der Waals surface area contributed by atoms with Gasteiger partial charge in [-0.3, -0.25) is 9.59 Å². The molecule has 1 aromatic rings. The van der Waals surface area contributed by atoms with Crippen molar-refractivity contribution in [3.05, 3.63) is 30.3 Å². The standard InChI is InChI=1S/C21H31N3O5S/c1-30(27,28)22-18-6-5-12-24(16-18)21(26)17-9-13-23(14-10-17)20(25)11-15-29-19-7-3-2-4-8-19/h2-4,7-8,17-18,22H,5-6,9-16H2,1H3. The first kappa shape index (κ1) is 22.6. The first-order chi connectivity index (χ1) is 14.3. The Balaban J connectivity index is 1.41. The maximum atomic E-state index is 12.9. The minimum Gasteiger partial charge on any atom is -0.493 e. The Morgan fingerprint density at radius 1 is 1.07 bits per heavy atom. The van der Waals surface area contributed by atoms with E-state index in [0.717, 1.165) is 24.8 Å². The highest BCUT2D eigenvalue weighted by molar-refractivity contribution is 7.88. The van der Waals surface area contributed by atoms with Crippen LogP contribution in [0.5, 0.6) is 5.75 Å². The highest BCUT2D eigenvalue weighted by Gasteiger charge is 2.33. The van der Waals surface area contributed by atoms with Crippen molar-refractivity contribution >= 4 is 21.8 Å². The monoisotopic (exact) mass is 437 g/mol. The van der Waals surface area contributed by atoms with Gasteiger partial charge in [-0.1, -0.05) is 18.2 Å².